The lowest BCUT2D eigenvalue weighted by Gasteiger charge is -2.21. The van der Waals surface area contributed by atoms with Crippen molar-refractivity contribution in [3.63, 3.8) is 0 Å². The smallest absolute Gasteiger partial charge is 0.462 e. The van der Waals surface area contributed by atoms with E-state index in [0.717, 1.165) is 121 Å². The minimum atomic E-state index is -4.96. The van der Waals surface area contributed by atoms with Crippen LogP contribution in [0, 0.1) is 11.8 Å². The summed E-state index contributed by atoms with van der Waals surface area (Å²) in [6, 6.07) is 0. The van der Waals surface area contributed by atoms with Crippen molar-refractivity contribution in [2.45, 2.75) is 368 Å². The third kappa shape index (κ3) is 63.6. The van der Waals surface area contributed by atoms with Gasteiger partial charge in [-0.1, -0.05) is 297 Å². The first-order chi connectivity index (χ1) is 44.4. The molecule has 0 saturated heterocycles. The molecule has 0 heterocycles. The number of hydrogen-bond donors (Lipinski definition) is 3. The SMILES string of the molecule is CCCCCC/C=C\C=C/CCCCCCCC(=O)O[C@H](COC(=O)CCCCCCCCCCCCCCCCC)COP(=O)(O)OC[C@@H](O)COP(=O)(O)OC[C@@H](COC(=O)CCCCCCCCC(C)CC)OC(=O)CCCCCCCCCCC(C)CC. The first kappa shape index (κ1) is 89.5. The predicted octanol–water partition coefficient (Wildman–Crippen LogP) is 20.7. The first-order valence-corrected chi connectivity index (χ1v) is 40.4. The van der Waals surface area contributed by atoms with Gasteiger partial charge in [0, 0.05) is 25.7 Å². The summed E-state index contributed by atoms with van der Waals surface area (Å²) >= 11 is 0. The van der Waals surface area contributed by atoms with E-state index in [1.54, 1.807) is 0 Å². The lowest BCUT2D eigenvalue weighted by Crippen LogP contribution is -2.30. The molecule has 0 radical (unpaired) electrons. The van der Waals surface area contributed by atoms with Gasteiger partial charge in [0.1, 0.15) is 19.3 Å². The van der Waals surface area contributed by atoms with Gasteiger partial charge in [0.25, 0.3) is 0 Å². The maximum atomic E-state index is 13.0. The van der Waals surface area contributed by atoms with Crippen LogP contribution in [0.25, 0.3) is 0 Å². The second-order valence-corrected chi connectivity index (χ2v) is 29.0. The van der Waals surface area contributed by atoms with Gasteiger partial charge < -0.3 is 33.8 Å². The molecule has 17 nitrogen and oxygen atoms in total. The zero-order chi connectivity index (χ0) is 67.9. The second-order valence-electron chi connectivity index (χ2n) is 26.1. The van der Waals surface area contributed by atoms with E-state index < -0.39 is 97.5 Å². The second kappa shape index (κ2) is 64.5. The van der Waals surface area contributed by atoms with Crippen LogP contribution in [0.2, 0.25) is 0 Å². The van der Waals surface area contributed by atoms with E-state index in [0.29, 0.717) is 25.7 Å². The number of ether oxygens (including phenoxy) is 4. The molecule has 0 aromatic heterocycles. The van der Waals surface area contributed by atoms with Crippen molar-refractivity contribution in [2.75, 3.05) is 39.6 Å². The van der Waals surface area contributed by atoms with Crippen LogP contribution in [0.1, 0.15) is 350 Å². The highest BCUT2D eigenvalue weighted by atomic mass is 31.2. The third-order valence-corrected chi connectivity index (χ3v) is 19.0. The zero-order valence-electron chi connectivity index (χ0n) is 59.3. The molecule has 0 aliphatic heterocycles. The molecule has 0 aromatic rings. The summed E-state index contributed by atoms with van der Waals surface area (Å²) in [7, 11) is -9.92. The molecule has 0 amide bonds. The number of aliphatic hydroxyl groups is 1. The summed E-state index contributed by atoms with van der Waals surface area (Å²) in [4.78, 5) is 72.7. The van der Waals surface area contributed by atoms with Crippen LogP contribution in [-0.2, 0) is 65.4 Å². The van der Waals surface area contributed by atoms with Gasteiger partial charge in [0.05, 0.1) is 26.4 Å². The molecular weight excluding hydrogens is 1210 g/mol. The van der Waals surface area contributed by atoms with Gasteiger partial charge in [-0.2, -0.15) is 0 Å². The third-order valence-electron chi connectivity index (χ3n) is 17.1. The molecule has 7 atom stereocenters. The van der Waals surface area contributed by atoms with Crippen LogP contribution in [0.3, 0.4) is 0 Å². The fraction of sp³-hybridized carbons (Fsp3) is 0.890. The highest BCUT2D eigenvalue weighted by Gasteiger charge is 2.30. The van der Waals surface area contributed by atoms with E-state index in [-0.39, 0.29) is 25.7 Å². The first-order valence-electron chi connectivity index (χ1n) is 37.4. The average molecular weight is 1350 g/mol. The van der Waals surface area contributed by atoms with Gasteiger partial charge in [0.2, 0.25) is 0 Å². The van der Waals surface area contributed by atoms with Crippen molar-refractivity contribution in [1.82, 2.24) is 0 Å². The number of allylic oxidation sites excluding steroid dienone is 4. The topological polar surface area (TPSA) is 237 Å². The monoisotopic (exact) mass is 1350 g/mol. The van der Waals surface area contributed by atoms with Gasteiger partial charge in [-0.25, -0.2) is 9.13 Å². The summed E-state index contributed by atoms with van der Waals surface area (Å²) in [6.45, 7) is 9.46. The molecule has 0 rings (SSSR count). The molecular formula is C73H138O17P2. The summed E-state index contributed by atoms with van der Waals surface area (Å²) < 4.78 is 68.4. The normalized spacial score (nSPS) is 14.8. The Labute approximate surface area is 561 Å². The largest absolute Gasteiger partial charge is 0.472 e. The standard InChI is InChI=1S/C73H138O17P2/c1-7-11-13-15-17-19-21-23-25-27-29-31-36-43-49-55-70(75)83-61-68(89-72(77)57-51-45-37-32-30-28-26-24-22-20-18-16-14-12-8-2)63-87-91(79,80)85-59-67(74)60-86-92(81,82)88-64-69(62-84-71(76)56-50-44-40-39-42-48-54-66(6)10-4)90-73(78)58-52-46-38-34-33-35-41-47-53-65(5)9-3/h20,22,24,26,65-69,74H,7-19,21,23,25,27-64H2,1-6H3,(H,79,80)(H,81,82)/b22-20-,26-24-/t65?,66?,67-,68-,69-/m1/s1. The van der Waals surface area contributed by atoms with Crippen molar-refractivity contribution in [3.05, 3.63) is 24.3 Å². The summed E-state index contributed by atoms with van der Waals surface area (Å²) in [5.41, 5.74) is 0. The number of carbonyl (C=O) groups excluding carboxylic acids is 4. The van der Waals surface area contributed by atoms with E-state index in [9.17, 15) is 43.2 Å². The number of phosphoric ester groups is 2. The quantitative estimate of drug-likeness (QED) is 0.0169. The maximum Gasteiger partial charge on any atom is 0.472 e. The molecule has 0 aliphatic rings. The van der Waals surface area contributed by atoms with Crippen LogP contribution in [-0.4, -0.2) is 96.7 Å². The summed E-state index contributed by atoms with van der Waals surface area (Å²) in [6.07, 6.45) is 53.5. The average Bonchev–Trinajstić information content (AvgIpc) is 3.44. The molecule has 0 spiro atoms. The van der Waals surface area contributed by atoms with Gasteiger partial charge in [0.15, 0.2) is 12.2 Å². The van der Waals surface area contributed by atoms with Gasteiger partial charge in [-0.05, 0) is 63.2 Å². The Balaban J connectivity index is 5.30. The minimum absolute atomic E-state index is 0.0852. The molecule has 0 aliphatic carbocycles. The molecule has 19 heteroatoms. The zero-order valence-corrected chi connectivity index (χ0v) is 61.1. The molecule has 0 saturated carbocycles. The lowest BCUT2D eigenvalue weighted by atomic mass is 9.99. The molecule has 0 bridgehead atoms. The van der Waals surface area contributed by atoms with Crippen LogP contribution in [0.15, 0.2) is 24.3 Å². The number of hydrogen-bond acceptors (Lipinski definition) is 15. The molecule has 4 unspecified atom stereocenters. The number of aliphatic hydroxyl groups excluding tert-OH is 1. The fourth-order valence-corrected chi connectivity index (χ4v) is 12.1. The van der Waals surface area contributed by atoms with E-state index in [2.05, 4.69) is 65.8 Å². The maximum absolute atomic E-state index is 13.0. The van der Waals surface area contributed by atoms with Crippen molar-refractivity contribution in [1.29, 1.82) is 0 Å². The van der Waals surface area contributed by atoms with Crippen LogP contribution >= 0.6 is 15.6 Å². The van der Waals surface area contributed by atoms with Crippen LogP contribution < -0.4 is 0 Å². The summed E-state index contributed by atoms with van der Waals surface area (Å²) in [5.74, 6) is -0.656. The van der Waals surface area contributed by atoms with Crippen molar-refractivity contribution < 1.29 is 80.2 Å². The van der Waals surface area contributed by atoms with E-state index in [1.165, 1.54) is 148 Å². The van der Waals surface area contributed by atoms with E-state index in [1.807, 2.05) is 0 Å². The Hall–Kier alpha value is -2.46. The Morgan fingerprint density at radius 3 is 0.924 bits per heavy atom. The molecule has 92 heavy (non-hydrogen) atoms. The molecule has 0 aromatic carbocycles. The number of rotatable bonds is 70. The van der Waals surface area contributed by atoms with E-state index in [4.69, 9.17) is 37.0 Å². The van der Waals surface area contributed by atoms with Gasteiger partial charge in [-0.15, -0.1) is 0 Å². The minimum Gasteiger partial charge on any atom is -0.462 e. The Morgan fingerprint density at radius 2 is 0.609 bits per heavy atom. The highest BCUT2D eigenvalue weighted by Crippen LogP contribution is 2.45. The molecule has 542 valence electrons. The van der Waals surface area contributed by atoms with Gasteiger partial charge >= 0.3 is 39.5 Å². The number of phosphoric acid groups is 2. The summed E-state index contributed by atoms with van der Waals surface area (Å²) in [5, 5.41) is 10.6. The van der Waals surface area contributed by atoms with E-state index >= 15 is 0 Å². The molecule has 3 N–H and O–H groups in total. The van der Waals surface area contributed by atoms with Crippen LogP contribution in [0.5, 0.6) is 0 Å². The predicted molar refractivity (Wildman–Crippen MR) is 372 cm³/mol. The highest BCUT2D eigenvalue weighted by molar-refractivity contribution is 7.47. The number of esters is 4. The lowest BCUT2D eigenvalue weighted by molar-refractivity contribution is -0.161. The Morgan fingerprint density at radius 1 is 0.348 bits per heavy atom. The number of carbonyl (C=O) groups is 4. The Bertz CT molecular complexity index is 1880. The van der Waals surface area contributed by atoms with Crippen molar-refractivity contribution in [3.8, 4) is 0 Å². The van der Waals surface area contributed by atoms with Crippen molar-refractivity contribution in [2.24, 2.45) is 11.8 Å². The number of unbranched alkanes of at least 4 members (excludes halogenated alkanes) is 35. The Kier molecular flexibility index (Phi) is 62.8. The fourth-order valence-electron chi connectivity index (χ4n) is 10.5. The van der Waals surface area contributed by atoms with Gasteiger partial charge in [-0.3, -0.25) is 37.3 Å². The van der Waals surface area contributed by atoms with Crippen LogP contribution in [0.4, 0.5) is 0 Å². The molecule has 0 fully saturated rings. The van der Waals surface area contributed by atoms with Crippen molar-refractivity contribution >= 4 is 39.5 Å².